The second-order valence-electron chi connectivity index (χ2n) is 7.34. The van der Waals surface area contributed by atoms with Gasteiger partial charge in [-0.05, 0) is 31.2 Å². The topological polar surface area (TPSA) is 43.9 Å². The zero-order chi connectivity index (χ0) is 19.6. The van der Waals surface area contributed by atoms with Crippen molar-refractivity contribution in [3.05, 3.63) is 35.4 Å². The molecule has 0 saturated carbocycles. The van der Waals surface area contributed by atoms with Crippen LogP contribution in [0.1, 0.15) is 24.0 Å². The Morgan fingerprint density at radius 2 is 1.89 bits per heavy atom. The molecule has 0 radical (unpaired) electrons. The van der Waals surface area contributed by atoms with Crippen molar-refractivity contribution in [1.29, 1.82) is 0 Å². The molecule has 0 bridgehead atoms. The highest BCUT2D eigenvalue weighted by atomic mass is 19.4. The second-order valence-corrected chi connectivity index (χ2v) is 7.34. The van der Waals surface area contributed by atoms with E-state index < -0.39 is 11.7 Å². The molecule has 0 unspecified atom stereocenters. The average molecular weight is 383 g/mol. The smallest absolute Gasteiger partial charge is 0.340 e. The number of halogens is 3. The molecular weight excluding hydrogens is 359 g/mol. The van der Waals surface area contributed by atoms with Crippen molar-refractivity contribution >= 4 is 11.8 Å². The summed E-state index contributed by atoms with van der Waals surface area (Å²) < 4.78 is 38.7. The van der Waals surface area contributed by atoms with Gasteiger partial charge in [-0.2, -0.15) is 13.2 Å². The zero-order valence-electron chi connectivity index (χ0n) is 15.3. The Morgan fingerprint density at radius 1 is 1.19 bits per heavy atom. The highest BCUT2D eigenvalue weighted by Gasteiger charge is 2.34. The third-order valence-electron chi connectivity index (χ3n) is 5.29. The maximum atomic E-state index is 12.9. The molecule has 2 aliphatic heterocycles. The number of rotatable bonds is 3. The Kier molecular flexibility index (Phi) is 5.74. The number of hydrogen-bond donors (Lipinski definition) is 0. The molecular formula is C19H24F3N3O2. The van der Waals surface area contributed by atoms with Crippen LogP contribution in [0.3, 0.4) is 0 Å². The molecule has 2 amide bonds. The van der Waals surface area contributed by atoms with Gasteiger partial charge in [0.1, 0.15) is 0 Å². The van der Waals surface area contributed by atoms with Crippen LogP contribution in [0.25, 0.3) is 0 Å². The van der Waals surface area contributed by atoms with E-state index in [0.29, 0.717) is 25.1 Å². The number of likely N-dealkylation sites (tertiary alicyclic amines) is 1. The zero-order valence-corrected chi connectivity index (χ0v) is 15.3. The van der Waals surface area contributed by atoms with E-state index in [9.17, 15) is 22.8 Å². The molecule has 8 heteroatoms. The van der Waals surface area contributed by atoms with Crippen molar-refractivity contribution in [3.63, 3.8) is 0 Å². The van der Waals surface area contributed by atoms with E-state index in [1.54, 1.807) is 6.07 Å². The van der Waals surface area contributed by atoms with E-state index in [-0.39, 0.29) is 37.2 Å². The van der Waals surface area contributed by atoms with Gasteiger partial charge < -0.3 is 14.7 Å². The molecule has 0 aliphatic carbocycles. The molecule has 1 atom stereocenters. The molecule has 5 nitrogen and oxygen atoms in total. The molecule has 1 aromatic rings. The molecule has 1 aromatic carbocycles. The van der Waals surface area contributed by atoms with Gasteiger partial charge in [0.15, 0.2) is 0 Å². The number of alkyl halides is 3. The van der Waals surface area contributed by atoms with Crippen LogP contribution in [-0.2, 0) is 22.3 Å². The molecule has 2 fully saturated rings. The lowest BCUT2D eigenvalue weighted by atomic mass is 9.95. The van der Waals surface area contributed by atoms with Crippen molar-refractivity contribution in [3.8, 4) is 0 Å². The molecule has 2 heterocycles. The van der Waals surface area contributed by atoms with E-state index in [4.69, 9.17) is 0 Å². The number of nitrogens with zero attached hydrogens (tertiary/aromatic N) is 3. The number of piperidine rings is 1. The number of carbonyl (C=O) groups excluding carboxylic acids is 2. The van der Waals surface area contributed by atoms with Crippen LogP contribution in [0.15, 0.2) is 24.3 Å². The fraction of sp³-hybridized carbons (Fsp3) is 0.579. The van der Waals surface area contributed by atoms with Crippen LogP contribution in [-0.4, -0.2) is 66.3 Å². The van der Waals surface area contributed by atoms with Crippen LogP contribution in [0.4, 0.5) is 13.2 Å². The van der Waals surface area contributed by atoms with Gasteiger partial charge in [0.2, 0.25) is 11.8 Å². The largest absolute Gasteiger partial charge is 0.416 e. The molecule has 2 aliphatic rings. The third-order valence-corrected chi connectivity index (χ3v) is 5.29. The highest BCUT2D eigenvalue weighted by Crippen LogP contribution is 2.30. The van der Waals surface area contributed by atoms with E-state index in [1.165, 1.54) is 11.0 Å². The van der Waals surface area contributed by atoms with Gasteiger partial charge in [0.25, 0.3) is 0 Å². The Morgan fingerprint density at radius 3 is 2.56 bits per heavy atom. The lowest BCUT2D eigenvalue weighted by molar-refractivity contribution is -0.144. The molecule has 0 aromatic heterocycles. The van der Waals surface area contributed by atoms with E-state index in [2.05, 4.69) is 4.90 Å². The van der Waals surface area contributed by atoms with E-state index in [1.807, 2.05) is 11.9 Å². The summed E-state index contributed by atoms with van der Waals surface area (Å²) in [4.78, 5) is 30.5. The Bertz CT molecular complexity index is 700. The molecule has 0 N–H and O–H groups in total. The molecule has 148 valence electrons. The van der Waals surface area contributed by atoms with Crippen molar-refractivity contribution in [2.24, 2.45) is 5.92 Å². The van der Waals surface area contributed by atoms with Crippen molar-refractivity contribution in [2.75, 3.05) is 39.8 Å². The van der Waals surface area contributed by atoms with Crippen molar-refractivity contribution < 1.29 is 22.8 Å². The second kappa shape index (κ2) is 7.88. The first-order chi connectivity index (χ1) is 12.7. The van der Waals surface area contributed by atoms with Gasteiger partial charge in [0.05, 0.1) is 11.5 Å². The first-order valence-electron chi connectivity index (χ1n) is 9.15. The van der Waals surface area contributed by atoms with Crippen LogP contribution in [0.5, 0.6) is 0 Å². The minimum absolute atomic E-state index is 0.0460. The van der Waals surface area contributed by atoms with Gasteiger partial charge in [-0.3, -0.25) is 9.59 Å². The van der Waals surface area contributed by atoms with E-state index >= 15 is 0 Å². The minimum Gasteiger partial charge on any atom is -0.340 e. The summed E-state index contributed by atoms with van der Waals surface area (Å²) in [5, 5.41) is 0. The van der Waals surface area contributed by atoms with Gasteiger partial charge in [-0.25, -0.2) is 0 Å². The van der Waals surface area contributed by atoms with Crippen LogP contribution < -0.4 is 0 Å². The Labute approximate surface area is 156 Å². The predicted octanol–water partition coefficient (Wildman–Crippen LogP) is 2.22. The van der Waals surface area contributed by atoms with Crippen LogP contribution in [0.2, 0.25) is 0 Å². The quantitative estimate of drug-likeness (QED) is 0.804. The Balaban J connectivity index is 1.65. The molecule has 2 saturated heterocycles. The maximum absolute atomic E-state index is 12.9. The van der Waals surface area contributed by atoms with Gasteiger partial charge in [0, 0.05) is 45.7 Å². The maximum Gasteiger partial charge on any atom is 0.416 e. The summed E-state index contributed by atoms with van der Waals surface area (Å²) in [5.41, 5.74) is -0.305. The van der Waals surface area contributed by atoms with Crippen molar-refractivity contribution in [1.82, 2.24) is 14.7 Å². The number of piperazine rings is 1. The summed E-state index contributed by atoms with van der Waals surface area (Å²) >= 11 is 0. The van der Waals surface area contributed by atoms with Crippen LogP contribution >= 0.6 is 0 Å². The minimum atomic E-state index is -4.41. The fourth-order valence-electron chi connectivity index (χ4n) is 3.62. The van der Waals surface area contributed by atoms with Crippen molar-refractivity contribution in [2.45, 2.75) is 25.6 Å². The monoisotopic (exact) mass is 383 g/mol. The summed E-state index contributed by atoms with van der Waals surface area (Å²) in [6.07, 6.45) is -3.66. The number of carbonyl (C=O) groups is 2. The van der Waals surface area contributed by atoms with E-state index in [0.717, 1.165) is 25.2 Å². The standard InChI is InChI=1S/C19H24F3N3O2/c1-23-7-9-24(10-8-23)18(27)15-5-6-17(26)25(13-15)12-14-3-2-4-16(11-14)19(20,21)22/h2-4,11,15H,5-10,12-13H2,1H3/t15-/m0/s1. The number of hydrogen-bond acceptors (Lipinski definition) is 3. The first kappa shape index (κ1) is 19.7. The number of likely N-dealkylation sites (N-methyl/N-ethyl adjacent to an activating group) is 1. The lowest BCUT2D eigenvalue weighted by Crippen LogP contribution is -2.52. The predicted molar refractivity (Wildman–Crippen MR) is 93.7 cm³/mol. The summed E-state index contributed by atoms with van der Waals surface area (Å²) in [5.74, 6) is -0.351. The number of benzene rings is 1. The highest BCUT2D eigenvalue weighted by molar-refractivity contribution is 5.84. The summed E-state index contributed by atoms with van der Waals surface area (Å²) in [6.45, 7) is 3.35. The average Bonchev–Trinajstić information content (AvgIpc) is 2.63. The Hall–Kier alpha value is -2.09. The van der Waals surface area contributed by atoms with Gasteiger partial charge in [-0.15, -0.1) is 0 Å². The fourth-order valence-corrected chi connectivity index (χ4v) is 3.62. The van der Waals surface area contributed by atoms with Gasteiger partial charge in [-0.1, -0.05) is 12.1 Å². The number of amides is 2. The molecule has 0 spiro atoms. The van der Waals surface area contributed by atoms with Crippen LogP contribution in [0, 0.1) is 5.92 Å². The van der Waals surface area contributed by atoms with Gasteiger partial charge >= 0.3 is 6.18 Å². The SMILES string of the molecule is CN1CCN(C(=O)[C@H]2CCC(=O)N(Cc3cccc(C(F)(F)F)c3)C2)CC1. The lowest BCUT2D eigenvalue weighted by Gasteiger charge is -2.38. The molecule has 3 rings (SSSR count). The normalized spacial score (nSPS) is 22.2. The summed E-state index contributed by atoms with van der Waals surface area (Å²) in [6, 6.07) is 5.01. The summed E-state index contributed by atoms with van der Waals surface area (Å²) in [7, 11) is 2.01. The molecule has 27 heavy (non-hydrogen) atoms. The third kappa shape index (κ3) is 4.80. The first-order valence-corrected chi connectivity index (χ1v) is 9.15.